The van der Waals surface area contributed by atoms with E-state index in [-0.39, 0.29) is 18.9 Å². The largest absolute Gasteiger partial charge is 0.497 e. The summed E-state index contributed by atoms with van der Waals surface area (Å²) >= 11 is 5.15. The first-order chi connectivity index (χ1) is 11.9. The summed E-state index contributed by atoms with van der Waals surface area (Å²) in [5, 5.41) is 9.09. The van der Waals surface area contributed by atoms with Crippen LogP contribution in [0.2, 0.25) is 0 Å². The summed E-state index contributed by atoms with van der Waals surface area (Å²) in [6.45, 7) is 4.01. The molecular formula is C17H25N3O4S. The van der Waals surface area contributed by atoms with Gasteiger partial charge in [-0.15, -0.1) is 0 Å². The van der Waals surface area contributed by atoms with Crippen molar-refractivity contribution in [3.8, 4) is 5.75 Å². The van der Waals surface area contributed by atoms with Gasteiger partial charge in [-0.1, -0.05) is 13.8 Å². The minimum absolute atomic E-state index is 0.0321. The van der Waals surface area contributed by atoms with E-state index < -0.39 is 18.0 Å². The minimum Gasteiger partial charge on any atom is -0.497 e. The minimum atomic E-state index is -0.592. The maximum atomic E-state index is 11.8. The highest BCUT2D eigenvalue weighted by Gasteiger charge is 2.23. The number of hydrogen-bond donors (Lipinski definition) is 3. The lowest BCUT2D eigenvalue weighted by molar-refractivity contribution is -0.161. The molecule has 0 heterocycles. The zero-order valence-corrected chi connectivity index (χ0v) is 15.7. The first-order valence-electron chi connectivity index (χ1n) is 7.98. The monoisotopic (exact) mass is 367 g/mol. The second-order valence-electron chi connectivity index (χ2n) is 5.66. The van der Waals surface area contributed by atoms with Crippen LogP contribution in [0.15, 0.2) is 24.3 Å². The molecular weight excluding hydrogens is 342 g/mol. The van der Waals surface area contributed by atoms with Gasteiger partial charge in [0.2, 0.25) is 0 Å². The number of methoxy groups -OCH3 is 1. The molecule has 0 fully saturated rings. The second-order valence-corrected chi connectivity index (χ2v) is 6.07. The number of nitrogens with one attached hydrogen (secondary N) is 3. The molecule has 1 aromatic carbocycles. The van der Waals surface area contributed by atoms with Gasteiger partial charge in [0.05, 0.1) is 13.5 Å². The van der Waals surface area contributed by atoms with Gasteiger partial charge in [0.25, 0.3) is 0 Å². The number of likely N-dealkylation sites (N-methyl/N-ethyl adjacent to an activating group) is 1. The van der Waals surface area contributed by atoms with Crippen molar-refractivity contribution >= 4 is 35.0 Å². The molecule has 1 aromatic rings. The normalized spacial score (nSPS) is 11.6. The van der Waals surface area contributed by atoms with Gasteiger partial charge in [0.1, 0.15) is 11.8 Å². The average Bonchev–Trinajstić information content (AvgIpc) is 2.55. The Morgan fingerprint density at radius 3 is 2.36 bits per heavy atom. The number of hydrogen-bond acceptors (Lipinski definition) is 6. The van der Waals surface area contributed by atoms with E-state index in [2.05, 4.69) is 16.0 Å². The molecule has 0 saturated carbocycles. The van der Waals surface area contributed by atoms with Crippen LogP contribution in [0.3, 0.4) is 0 Å². The third kappa shape index (κ3) is 7.49. The summed E-state index contributed by atoms with van der Waals surface area (Å²) in [6.07, 6.45) is 0.0324. The zero-order valence-electron chi connectivity index (χ0n) is 14.9. The van der Waals surface area contributed by atoms with Crippen molar-refractivity contribution in [2.75, 3.05) is 26.0 Å². The van der Waals surface area contributed by atoms with Crippen LogP contribution in [0.5, 0.6) is 5.75 Å². The van der Waals surface area contributed by atoms with Crippen molar-refractivity contribution in [1.82, 2.24) is 10.6 Å². The molecule has 0 amide bonds. The number of anilines is 1. The zero-order chi connectivity index (χ0) is 18.8. The van der Waals surface area contributed by atoms with Gasteiger partial charge in [-0.2, -0.15) is 0 Å². The van der Waals surface area contributed by atoms with Crippen LogP contribution in [0.4, 0.5) is 5.69 Å². The van der Waals surface area contributed by atoms with Gasteiger partial charge in [-0.25, -0.2) is 4.79 Å². The van der Waals surface area contributed by atoms with E-state index in [0.29, 0.717) is 5.11 Å². The Morgan fingerprint density at radius 1 is 1.20 bits per heavy atom. The Kier molecular flexibility index (Phi) is 8.87. The fourth-order valence-corrected chi connectivity index (χ4v) is 2.30. The number of esters is 2. The summed E-state index contributed by atoms with van der Waals surface area (Å²) in [6, 6.07) is 6.75. The molecule has 138 valence electrons. The number of rotatable bonds is 8. The van der Waals surface area contributed by atoms with Gasteiger partial charge >= 0.3 is 11.9 Å². The Hall–Kier alpha value is -2.19. The maximum Gasteiger partial charge on any atom is 0.331 e. The lowest BCUT2D eigenvalue weighted by Gasteiger charge is -2.17. The van der Waals surface area contributed by atoms with Gasteiger partial charge < -0.3 is 25.4 Å². The van der Waals surface area contributed by atoms with Gasteiger partial charge in [0, 0.05) is 12.2 Å². The van der Waals surface area contributed by atoms with E-state index in [1.54, 1.807) is 26.3 Å². The predicted octanol–water partition coefficient (Wildman–Crippen LogP) is 1.69. The van der Waals surface area contributed by atoms with Crippen LogP contribution < -0.4 is 20.7 Å². The number of carbonyl (C=O) groups is 2. The Bertz CT molecular complexity index is 590. The van der Waals surface area contributed by atoms with E-state index in [0.717, 1.165) is 11.4 Å². The number of ether oxygens (including phenoxy) is 2. The Labute approximate surface area is 153 Å². The molecule has 0 aliphatic carbocycles. The highest BCUT2D eigenvalue weighted by molar-refractivity contribution is 7.80. The van der Waals surface area contributed by atoms with Crippen LogP contribution in [-0.2, 0) is 14.3 Å². The molecule has 3 N–H and O–H groups in total. The smallest absolute Gasteiger partial charge is 0.331 e. The van der Waals surface area contributed by atoms with Crippen molar-refractivity contribution in [1.29, 1.82) is 0 Å². The van der Waals surface area contributed by atoms with Crippen LogP contribution in [0.1, 0.15) is 20.3 Å². The number of thiocarbonyl (C=S) groups is 1. The molecule has 0 aliphatic rings. The molecule has 0 radical (unpaired) electrons. The quantitative estimate of drug-likeness (QED) is 0.363. The van der Waals surface area contributed by atoms with Gasteiger partial charge in [-0.05, 0) is 49.4 Å². The van der Waals surface area contributed by atoms with Crippen LogP contribution in [0.25, 0.3) is 0 Å². The van der Waals surface area contributed by atoms with E-state index in [1.165, 1.54) is 0 Å². The highest BCUT2D eigenvalue weighted by Crippen LogP contribution is 2.14. The van der Waals surface area contributed by atoms with Gasteiger partial charge in [-0.3, -0.25) is 4.79 Å². The standard InChI is InChI=1S/C17H25N3O4S/c1-11(2)15(18-3)16(22)24-14(21)9-10-19-17(25)20-12-5-7-13(23-4)8-6-12/h5-8,11,15,18H,9-10H2,1-4H3,(H2,19,20,25)/t15-/m0/s1. The SMILES string of the molecule is CN[C@H](C(=O)OC(=O)CCNC(=S)Nc1ccc(OC)cc1)C(C)C. The molecule has 7 nitrogen and oxygen atoms in total. The van der Waals surface area contributed by atoms with E-state index >= 15 is 0 Å². The predicted molar refractivity (Wildman–Crippen MR) is 101 cm³/mol. The molecule has 0 unspecified atom stereocenters. The first-order valence-corrected chi connectivity index (χ1v) is 8.39. The summed E-state index contributed by atoms with van der Waals surface area (Å²) in [5.74, 6) is -0.380. The van der Waals surface area contributed by atoms with Crippen molar-refractivity contribution in [3.63, 3.8) is 0 Å². The molecule has 0 spiro atoms. The molecule has 0 bridgehead atoms. The summed E-state index contributed by atoms with van der Waals surface area (Å²) in [4.78, 5) is 23.6. The van der Waals surface area contributed by atoms with E-state index in [1.807, 2.05) is 26.0 Å². The van der Waals surface area contributed by atoms with Crippen LogP contribution in [-0.4, -0.2) is 43.8 Å². The second kappa shape index (κ2) is 10.6. The molecule has 0 saturated heterocycles. The summed E-state index contributed by atoms with van der Waals surface area (Å²) in [5.41, 5.74) is 0.796. The van der Waals surface area contributed by atoms with Crippen molar-refractivity contribution in [2.45, 2.75) is 26.3 Å². The van der Waals surface area contributed by atoms with Crippen molar-refractivity contribution in [3.05, 3.63) is 24.3 Å². The fourth-order valence-electron chi connectivity index (χ4n) is 2.08. The van der Waals surface area contributed by atoms with Gasteiger partial charge in [0.15, 0.2) is 5.11 Å². The summed E-state index contributed by atoms with van der Waals surface area (Å²) < 4.78 is 9.91. The molecule has 8 heteroatoms. The molecule has 0 aliphatic heterocycles. The van der Waals surface area contributed by atoms with Crippen LogP contribution in [0, 0.1) is 5.92 Å². The molecule has 25 heavy (non-hydrogen) atoms. The lowest BCUT2D eigenvalue weighted by atomic mass is 10.1. The van der Waals surface area contributed by atoms with E-state index in [4.69, 9.17) is 21.7 Å². The average molecular weight is 367 g/mol. The number of carbonyl (C=O) groups excluding carboxylic acids is 2. The molecule has 1 rings (SSSR count). The van der Waals surface area contributed by atoms with Crippen molar-refractivity contribution < 1.29 is 19.1 Å². The van der Waals surface area contributed by atoms with Crippen LogP contribution >= 0.6 is 12.2 Å². The highest BCUT2D eigenvalue weighted by atomic mass is 32.1. The topological polar surface area (TPSA) is 88.7 Å². The van der Waals surface area contributed by atoms with Crippen molar-refractivity contribution in [2.24, 2.45) is 5.92 Å². The first kappa shape index (κ1) is 20.9. The lowest BCUT2D eigenvalue weighted by Crippen LogP contribution is -2.41. The maximum absolute atomic E-state index is 11.8. The Balaban J connectivity index is 2.32. The molecule has 0 aromatic heterocycles. The fraction of sp³-hybridized carbons (Fsp3) is 0.471. The number of benzene rings is 1. The third-order valence-electron chi connectivity index (χ3n) is 3.41. The Morgan fingerprint density at radius 2 is 1.84 bits per heavy atom. The third-order valence-corrected chi connectivity index (χ3v) is 3.66. The summed E-state index contributed by atoms with van der Waals surface area (Å²) in [7, 11) is 3.25. The van der Waals surface area contributed by atoms with E-state index in [9.17, 15) is 9.59 Å². The molecule has 1 atom stereocenters.